The zero-order chi connectivity index (χ0) is 10.6. The van der Waals surface area contributed by atoms with Crippen molar-refractivity contribution < 1.29 is 9.53 Å². The molecule has 1 unspecified atom stereocenters. The summed E-state index contributed by atoms with van der Waals surface area (Å²) in [6.45, 7) is 4.30. The summed E-state index contributed by atoms with van der Waals surface area (Å²) in [5, 5.41) is 0. The predicted molar refractivity (Wildman–Crippen MR) is 54.8 cm³/mol. The summed E-state index contributed by atoms with van der Waals surface area (Å²) in [5.41, 5.74) is 5.67. The molecule has 4 heteroatoms. The summed E-state index contributed by atoms with van der Waals surface area (Å²) in [6.07, 6.45) is 1.75. The zero-order valence-electron chi connectivity index (χ0n) is 9.03. The molecule has 4 nitrogen and oxygen atoms in total. The fraction of sp³-hybridized carbons (Fsp3) is 0.900. The first-order chi connectivity index (χ1) is 6.65. The van der Waals surface area contributed by atoms with Crippen molar-refractivity contribution in [3.8, 4) is 0 Å². The van der Waals surface area contributed by atoms with Crippen molar-refractivity contribution in [3.05, 3.63) is 0 Å². The van der Waals surface area contributed by atoms with Gasteiger partial charge in [0.2, 0.25) is 5.91 Å². The Morgan fingerprint density at radius 3 is 2.93 bits per heavy atom. The lowest BCUT2D eigenvalue weighted by molar-refractivity contribution is -0.131. The Bertz CT molecular complexity index is 191. The van der Waals surface area contributed by atoms with Crippen molar-refractivity contribution in [2.75, 3.05) is 26.8 Å². The Labute approximate surface area is 85.4 Å². The second-order valence-electron chi connectivity index (χ2n) is 3.96. The van der Waals surface area contributed by atoms with E-state index < -0.39 is 0 Å². The van der Waals surface area contributed by atoms with E-state index in [1.54, 1.807) is 4.90 Å². The highest BCUT2D eigenvalue weighted by atomic mass is 16.5. The van der Waals surface area contributed by atoms with Gasteiger partial charge < -0.3 is 15.4 Å². The van der Waals surface area contributed by atoms with Gasteiger partial charge in [-0.25, -0.2) is 0 Å². The van der Waals surface area contributed by atoms with Gasteiger partial charge in [-0.05, 0) is 12.8 Å². The second kappa shape index (κ2) is 5.32. The van der Waals surface area contributed by atoms with Gasteiger partial charge in [-0.3, -0.25) is 4.79 Å². The van der Waals surface area contributed by atoms with Gasteiger partial charge in [0.1, 0.15) is 0 Å². The fourth-order valence-corrected chi connectivity index (χ4v) is 1.66. The van der Waals surface area contributed by atoms with Gasteiger partial charge in [-0.15, -0.1) is 0 Å². The second-order valence-corrected chi connectivity index (χ2v) is 3.96. The molecule has 82 valence electrons. The molecule has 1 aliphatic rings. The molecule has 0 bridgehead atoms. The SMILES string of the molecule is CC[C@H](N)C(=O)N(C)CC1CCOC1. The summed E-state index contributed by atoms with van der Waals surface area (Å²) in [7, 11) is 1.82. The quantitative estimate of drug-likeness (QED) is 0.706. The molecule has 0 saturated carbocycles. The summed E-state index contributed by atoms with van der Waals surface area (Å²) < 4.78 is 5.26. The molecule has 0 radical (unpaired) electrons. The van der Waals surface area contributed by atoms with Gasteiger partial charge in [-0.1, -0.05) is 6.92 Å². The molecule has 0 aromatic heterocycles. The van der Waals surface area contributed by atoms with Gasteiger partial charge >= 0.3 is 0 Å². The number of nitrogens with two attached hydrogens (primary N) is 1. The van der Waals surface area contributed by atoms with Gasteiger partial charge in [-0.2, -0.15) is 0 Å². The molecule has 0 aromatic rings. The lowest BCUT2D eigenvalue weighted by Gasteiger charge is -2.23. The first kappa shape index (κ1) is 11.5. The van der Waals surface area contributed by atoms with Crippen LogP contribution in [0.2, 0.25) is 0 Å². The lowest BCUT2D eigenvalue weighted by atomic mass is 10.1. The summed E-state index contributed by atoms with van der Waals surface area (Å²) in [6, 6.07) is -0.345. The molecule has 1 rings (SSSR count). The Morgan fingerprint density at radius 2 is 2.43 bits per heavy atom. The molecule has 1 fully saturated rings. The van der Waals surface area contributed by atoms with E-state index in [0.29, 0.717) is 12.3 Å². The minimum Gasteiger partial charge on any atom is -0.381 e. The standard InChI is InChI=1S/C10H20N2O2/c1-3-9(11)10(13)12(2)6-8-4-5-14-7-8/h8-9H,3-7,11H2,1-2H3/t8?,9-/m0/s1. The van der Waals surface area contributed by atoms with Gasteiger partial charge in [0.25, 0.3) is 0 Å². The monoisotopic (exact) mass is 200 g/mol. The van der Waals surface area contributed by atoms with Crippen LogP contribution in [0, 0.1) is 5.92 Å². The predicted octanol–water partition coefficient (Wildman–Crippen LogP) is 0.219. The normalized spacial score (nSPS) is 23.5. The Kier molecular flexibility index (Phi) is 4.35. The number of carbonyl (C=O) groups is 1. The highest BCUT2D eigenvalue weighted by Gasteiger charge is 2.22. The first-order valence-electron chi connectivity index (χ1n) is 5.23. The molecule has 0 aromatic carbocycles. The number of hydrogen-bond acceptors (Lipinski definition) is 3. The summed E-state index contributed by atoms with van der Waals surface area (Å²) in [4.78, 5) is 13.4. The molecule has 0 spiro atoms. The van der Waals surface area contributed by atoms with Crippen LogP contribution in [-0.2, 0) is 9.53 Å². The van der Waals surface area contributed by atoms with Crippen LogP contribution in [0.3, 0.4) is 0 Å². The number of rotatable bonds is 4. The van der Waals surface area contributed by atoms with Crippen LogP contribution in [0.15, 0.2) is 0 Å². The maximum atomic E-state index is 11.6. The zero-order valence-corrected chi connectivity index (χ0v) is 9.03. The maximum Gasteiger partial charge on any atom is 0.239 e. The van der Waals surface area contributed by atoms with E-state index in [1.807, 2.05) is 14.0 Å². The largest absolute Gasteiger partial charge is 0.381 e. The van der Waals surface area contributed by atoms with Crippen molar-refractivity contribution in [2.24, 2.45) is 11.7 Å². The molecule has 1 heterocycles. The third-order valence-corrected chi connectivity index (χ3v) is 2.69. The third-order valence-electron chi connectivity index (χ3n) is 2.69. The number of carbonyl (C=O) groups excluding carboxylic acids is 1. The van der Waals surface area contributed by atoms with Crippen LogP contribution in [0.25, 0.3) is 0 Å². The lowest BCUT2D eigenvalue weighted by Crippen LogP contribution is -2.43. The average molecular weight is 200 g/mol. The van der Waals surface area contributed by atoms with Crippen molar-refractivity contribution in [1.82, 2.24) is 4.90 Å². The molecular formula is C10H20N2O2. The Morgan fingerprint density at radius 1 is 1.71 bits per heavy atom. The Balaban J connectivity index is 2.32. The van der Waals surface area contributed by atoms with Crippen molar-refractivity contribution >= 4 is 5.91 Å². The van der Waals surface area contributed by atoms with Crippen molar-refractivity contribution in [3.63, 3.8) is 0 Å². The van der Waals surface area contributed by atoms with Gasteiger partial charge in [0.05, 0.1) is 12.6 Å². The van der Waals surface area contributed by atoms with E-state index in [0.717, 1.165) is 26.2 Å². The Hall–Kier alpha value is -0.610. The molecule has 1 aliphatic heterocycles. The number of hydrogen-bond donors (Lipinski definition) is 1. The van der Waals surface area contributed by atoms with Crippen LogP contribution >= 0.6 is 0 Å². The molecular weight excluding hydrogens is 180 g/mol. The molecule has 2 N–H and O–H groups in total. The van der Waals surface area contributed by atoms with Crippen LogP contribution in [0.5, 0.6) is 0 Å². The van der Waals surface area contributed by atoms with E-state index in [2.05, 4.69) is 0 Å². The van der Waals surface area contributed by atoms with Crippen LogP contribution in [0.1, 0.15) is 19.8 Å². The fourth-order valence-electron chi connectivity index (χ4n) is 1.66. The van der Waals surface area contributed by atoms with Crippen molar-refractivity contribution in [2.45, 2.75) is 25.8 Å². The van der Waals surface area contributed by atoms with E-state index in [-0.39, 0.29) is 11.9 Å². The topological polar surface area (TPSA) is 55.6 Å². The third kappa shape index (κ3) is 2.96. The van der Waals surface area contributed by atoms with Gasteiger partial charge in [0.15, 0.2) is 0 Å². The summed E-state index contributed by atoms with van der Waals surface area (Å²) in [5.74, 6) is 0.535. The molecule has 1 amide bonds. The first-order valence-corrected chi connectivity index (χ1v) is 5.23. The van der Waals surface area contributed by atoms with Crippen LogP contribution < -0.4 is 5.73 Å². The molecule has 1 saturated heterocycles. The summed E-state index contributed by atoms with van der Waals surface area (Å²) >= 11 is 0. The number of amides is 1. The minimum atomic E-state index is -0.345. The van der Waals surface area contributed by atoms with E-state index >= 15 is 0 Å². The highest BCUT2D eigenvalue weighted by molar-refractivity contribution is 5.81. The number of nitrogens with zero attached hydrogens (tertiary/aromatic N) is 1. The maximum absolute atomic E-state index is 11.6. The molecule has 14 heavy (non-hydrogen) atoms. The highest BCUT2D eigenvalue weighted by Crippen LogP contribution is 2.13. The minimum absolute atomic E-state index is 0.0411. The van der Waals surface area contributed by atoms with E-state index in [4.69, 9.17) is 10.5 Å². The van der Waals surface area contributed by atoms with E-state index in [9.17, 15) is 4.79 Å². The molecule has 0 aliphatic carbocycles. The van der Waals surface area contributed by atoms with Gasteiger partial charge in [0, 0.05) is 26.1 Å². The van der Waals surface area contributed by atoms with Crippen LogP contribution in [-0.4, -0.2) is 43.7 Å². The number of ether oxygens (including phenoxy) is 1. The smallest absolute Gasteiger partial charge is 0.239 e. The average Bonchev–Trinajstić information content (AvgIpc) is 2.68. The van der Waals surface area contributed by atoms with Crippen molar-refractivity contribution in [1.29, 1.82) is 0 Å². The number of likely N-dealkylation sites (N-methyl/N-ethyl adjacent to an activating group) is 1. The molecule has 2 atom stereocenters. The van der Waals surface area contributed by atoms with Crippen LogP contribution in [0.4, 0.5) is 0 Å². The van der Waals surface area contributed by atoms with E-state index in [1.165, 1.54) is 0 Å².